The number of carbonyl (C=O) groups is 1. The second kappa shape index (κ2) is 5.65. The Morgan fingerprint density at radius 2 is 2.06 bits per heavy atom. The third-order valence-corrected chi connectivity index (χ3v) is 3.83. The van der Waals surface area contributed by atoms with Crippen LogP contribution in [0, 0.1) is 0 Å². The van der Waals surface area contributed by atoms with Crippen LogP contribution >= 0.6 is 15.9 Å². The maximum absolute atomic E-state index is 11.2. The fourth-order valence-electron chi connectivity index (χ4n) is 2.00. The Balaban J connectivity index is 2.04. The number of halogens is 1. The van der Waals surface area contributed by atoms with Crippen molar-refractivity contribution >= 4 is 21.7 Å². The van der Waals surface area contributed by atoms with Gasteiger partial charge in [0.05, 0.1) is 7.11 Å². The van der Waals surface area contributed by atoms with Crippen LogP contribution in [0.4, 0.5) is 0 Å². The van der Waals surface area contributed by atoms with Crippen LogP contribution in [0.5, 0.6) is 5.75 Å². The van der Waals surface area contributed by atoms with Crippen molar-refractivity contribution in [1.29, 1.82) is 0 Å². The summed E-state index contributed by atoms with van der Waals surface area (Å²) in [4.78, 5) is 13.5. The summed E-state index contributed by atoms with van der Waals surface area (Å²) in [6, 6.07) is 5.98. The van der Waals surface area contributed by atoms with Gasteiger partial charge in [-0.15, -0.1) is 0 Å². The van der Waals surface area contributed by atoms with Gasteiger partial charge in [0.1, 0.15) is 11.5 Å². The van der Waals surface area contributed by atoms with Gasteiger partial charge in [0.25, 0.3) is 0 Å². The minimum atomic E-state index is 0.381. The molecule has 1 aromatic rings. The summed E-state index contributed by atoms with van der Waals surface area (Å²) in [6.07, 6.45) is 1.36. The second-order valence-corrected chi connectivity index (χ2v) is 5.13. The molecule has 0 aliphatic carbocycles. The number of benzene rings is 1. The molecule has 0 aromatic heterocycles. The van der Waals surface area contributed by atoms with Gasteiger partial charge in [-0.3, -0.25) is 9.69 Å². The molecule has 1 aliphatic heterocycles. The molecule has 92 valence electrons. The van der Waals surface area contributed by atoms with E-state index in [2.05, 4.69) is 20.8 Å². The van der Waals surface area contributed by atoms with Gasteiger partial charge in [-0.1, -0.05) is 15.9 Å². The van der Waals surface area contributed by atoms with Crippen LogP contribution in [0.15, 0.2) is 22.7 Å². The summed E-state index contributed by atoms with van der Waals surface area (Å²) in [7, 11) is 1.67. The third kappa shape index (κ3) is 3.30. The van der Waals surface area contributed by atoms with Crippen LogP contribution in [-0.2, 0) is 11.3 Å². The monoisotopic (exact) mass is 297 g/mol. The smallest absolute Gasteiger partial charge is 0.135 e. The van der Waals surface area contributed by atoms with Crippen molar-refractivity contribution in [1.82, 2.24) is 4.90 Å². The van der Waals surface area contributed by atoms with Crippen molar-refractivity contribution in [3.8, 4) is 5.75 Å². The molecule has 2 rings (SSSR count). The number of hydrogen-bond donors (Lipinski definition) is 0. The summed E-state index contributed by atoms with van der Waals surface area (Å²) >= 11 is 3.55. The molecule has 3 nitrogen and oxygen atoms in total. The minimum Gasteiger partial charge on any atom is -0.497 e. The summed E-state index contributed by atoms with van der Waals surface area (Å²) in [5.41, 5.74) is 1.21. The molecule has 0 N–H and O–H groups in total. The summed E-state index contributed by atoms with van der Waals surface area (Å²) < 4.78 is 6.32. The molecule has 1 saturated heterocycles. The van der Waals surface area contributed by atoms with E-state index in [1.54, 1.807) is 7.11 Å². The molecule has 1 fully saturated rings. The first-order valence-corrected chi connectivity index (χ1v) is 6.55. The van der Waals surface area contributed by atoms with Crippen LogP contribution in [0.1, 0.15) is 18.4 Å². The SMILES string of the molecule is COc1ccc(Br)c(CN2CCC(=O)CC2)c1. The molecule has 0 unspecified atom stereocenters. The predicted molar refractivity (Wildman–Crippen MR) is 70.2 cm³/mol. The molecule has 1 aromatic carbocycles. The van der Waals surface area contributed by atoms with E-state index in [1.165, 1.54) is 5.56 Å². The van der Waals surface area contributed by atoms with Gasteiger partial charge in [0.15, 0.2) is 0 Å². The van der Waals surface area contributed by atoms with Gasteiger partial charge in [-0.2, -0.15) is 0 Å². The number of likely N-dealkylation sites (tertiary alicyclic amines) is 1. The summed E-state index contributed by atoms with van der Waals surface area (Å²) in [6.45, 7) is 2.59. The number of ether oxygens (including phenoxy) is 1. The largest absolute Gasteiger partial charge is 0.497 e. The van der Waals surface area contributed by atoms with Crippen LogP contribution in [-0.4, -0.2) is 30.9 Å². The minimum absolute atomic E-state index is 0.381. The van der Waals surface area contributed by atoms with Gasteiger partial charge < -0.3 is 4.74 Å². The summed E-state index contributed by atoms with van der Waals surface area (Å²) in [5, 5.41) is 0. The van der Waals surface area contributed by atoms with Crippen molar-refractivity contribution in [2.24, 2.45) is 0 Å². The Labute approximate surface area is 110 Å². The molecule has 0 saturated carbocycles. The number of rotatable bonds is 3. The highest BCUT2D eigenvalue weighted by molar-refractivity contribution is 9.10. The van der Waals surface area contributed by atoms with Gasteiger partial charge in [0.2, 0.25) is 0 Å². The topological polar surface area (TPSA) is 29.5 Å². The quantitative estimate of drug-likeness (QED) is 0.859. The number of piperidine rings is 1. The Morgan fingerprint density at radius 1 is 1.35 bits per heavy atom. The van der Waals surface area contributed by atoms with Crippen molar-refractivity contribution in [2.75, 3.05) is 20.2 Å². The molecule has 0 amide bonds. The maximum Gasteiger partial charge on any atom is 0.135 e. The molecule has 17 heavy (non-hydrogen) atoms. The van der Waals surface area contributed by atoms with E-state index in [0.717, 1.165) is 29.9 Å². The zero-order chi connectivity index (χ0) is 12.3. The van der Waals surface area contributed by atoms with Gasteiger partial charge in [-0.25, -0.2) is 0 Å². The molecule has 1 heterocycles. The fraction of sp³-hybridized carbons (Fsp3) is 0.462. The lowest BCUT2D eigenvalue weighted by Crippen LogP contribution is -2.33. The van der Waals surface area contributed by atoms with E-state index in [0.29, 0.717) is 18.6 Å². The average Bonchev–Trinajstić information content (AvgIpc) is 2.35. The second-order valence-electron chi connectivity index (χ2n) is 4.27. The van der Waals surface area contributed by atoms with Gasteiger partial charge >= 0.3 is 0 Å². The number of methoxy groups -OCH3 is 1. The zero-order valence-electron chi connectivity index (χ0n) is 9.91. The first kappa shape index (κ1) is 12.6. The third-order valence-electron chi connectivity index (χ3n) is 3.06. The number of Topliss-reactive ketones (excluding diaryl/α,β-unsaturated/α-hetero) is 1. The van der Waals surface area contributed by atoms with Gasteiger partial charge in [-0.05, 0) is 23.8 Å². The molecule has 0 atom stereocenters. The summed E-state index contributed by atoms with van der Waals surface area (Å²) in [5.74, 6) is 1.25. The Kier molecular flexibility index (Phi) is 4.18. The van der Waals surface area contributed by atoms with Crippen LogP contribution < -0.4 is 4.74 Å². The first-order chi connectivity index (χ1) is 8.19. The van der Waals surface area contributed by atoms with E-state index in [-0.39, 0.29) is 0 Å². The average molecular weight is 298 g/mol. The lowest BCUT2D eigenvalue weighted by molar-refractivity contribution is -0.121. The predicted octanol–water partition coefficient (Wildman–Crippen LogP) is 2.62. The zero-order valence-corrected chi connectivity index (χ0v) is 11.5. The van der Waals surface area contributed by atoms with E-state index < -0.39 is 0 Å². The Morgan fingerprint density at radius 3 is 2.71 bits per heavy atom. The van der Waals surface area contributed by atoms with E-state index in [1.807, 2.05) is 18.2 Å². The standard InChI is InChI=1S/C13H16BrNO2/c1-17-12-2-3-13(14)10(8-12)9-15-6-4-11(16)5-7-15/h2-3,8H,4-7,9H2,1H3. The van der Waals surface area contributed by atoms with Crippen molar-refractivity contribution < 1.29 is 9.53 Å². The first-order valence-electron chi connectivity index (χ1n) is 5.75. The fourth-order valence-corrected chi connectivity index (χ4v) is 2.37. The Hall–Kier alpha value is -0.870. The Bertz CT molecular complexity index is 410. The number of nitrogens with zero attached hydrogens (tertiary/aromatic N) is 1. The lowest BCUT2D eigenvalue weighted by atomic mass is 10.1. The van der Waals surface area contributed by atoms with E-state index in [9.17, 15) is 4.79 Å². The highest BCUT2D eigenvalue weighted by Crippen LogP contribution is 2.24. The number of carbonyl (C=O) groups excluding carboxylic acids is 1. The molecule has 1 aliphatic rings. The van der Waals surface area contributed by atoms with Crippen LogP contribution in [0.25, 0.3) is 0 Å². The molecule has 0 radical (unpaired) electrons. The number of hydrogen-bond acceptors (Lipinski definition) is 3. The van der Waals surface area contributed by atoms with Crippen LogP contribution in [0.2, 0.25) is 0 Å². The van der Waals surface area contributed by atoms with Crippen molar-refractivity contribution in [3.63, 3.8) is 0 Å². The normalized spacial score (nSPS) is 17.2. The van der Waals surface area contributed by atoms with Crippen molar-refractivity contribution in [3.05, 3.63) is 28.2 Å². The van der Waals surface area contributed by atoms with E-state index in [4.69, 9.17) is 4.74 Å². The van der Waals surface area contributed by atoms with E-state index >= 15 is 0 Å². The number of ketones is 1. The maximum atomic E-state index is 11.2. The van der Waals surface area contributed by atoms with Gasteiger partial charge in [0, 0.05) is 36.9 Å². The molecule has 4 heteroatoms. The van der Waals surface area contributed by atoms with Crippen LogP contribution in [0.3, 0.4) is 0 Å². The molecular formula is C13H16BrNO2. The highest BCUT2D eigenvalue weighted by Gasteiger charge is 2.17. The highest BCUT2D eigenvalue weighted by atomic mass is 79.9. The molecular weight excluding hydrogens is 282 g/mol. The molecule has 0 spiro atoms. The lowest BCUT2D eigenvalue weighted by Gasteiger charge is -2.26. The molecule has 0 bridgehead atoms. The van der Waals surface area contributed by atoms with Crippen molar-refractivity contribution in [2.45, 2.75) is 19.4 Å².